The Morgan fingerprint density at radius 1 is 0.850 bits per heavy atom. The smallest absolute Gasteiger partial charge is 0.0319 e. The predicted octanol–water partition coefficient (Wildman–Crippen LogP) is 3.76. The van der Waals surface area contributed by atoms with E-state index >= 15 is 0 Å². The topological polar surface area (TPSA) is 52.0 Å². The van der Waals surface area contributed by atoms with Crippen molar-refractivity contribution in [3.8, 4) is 0 Å². The summed E-state index contributed by atoms with van der Waals surface area (Å²) in [5, 5.41) is 4.96. The lowest BCUT2D eigenvalue weighted by Gasteiger charge is -2.17. The van der Waals surface area contributed by atoms with Crippen molar-refractivity contribution in [3.63, 3.8) is 0 Å². The fraction of sp³-hybridized carbons (Fsp3) is 0.176. The Hall–Kier alpha value is -1.61. The molecule has 0 spiro atoms. The van der Waals surface area contributed by atoms with Crippen molar-refractivity contribution in [2.24, 2.45) is 11.5 Å². The van der Waals surface area contributed by atoms with Gasteiger partial charge in [0.2, 0.25) is 0 Å². The maximum atomic E-state index is 6.36. The molecule has 3 aromatic rings. The fourth-order valence-electron chi connectivity index (χ4n) is 2.77. The molecule has 0 fully saturated rings. The van der Waals surface area contributed by atoms with Gasteiger partial charge in [0.1, 0.15) is 0 Å². The maximum Gasteiger partial charge on any atom is 0.0319 e. The Morgan fingerprint density at radius 3 is 1.85 bits per heavy atom. The third-order valence-corrected chi connectivity index (χ3v) is 3.66. The van der Waals surface area contributed by atoms with E-state index in [9.17, 15) is 0 Å². The van der Waals surface area contributed by atoms with E-state index < -0.39 is 0 Å². The highest BCUT2D eigenvalue weighted by molar-refractivity contribution is 6.02. The fourth-order valence-corrected chi connectivity index (χ4v) is 2.77. The second kappa shape index (κ2) is 6.23. The largest absolute Gasteiger partial charge is 0.330 e. The molecule has 3 heteroatoms. The molecule has 0 unspecified atom stereocenters. The summed E-state index contributed by atoms with van der Waals surface area (Å²) in [7, 11) is 0. The highest BCUT2D eigenvalue weighted by atomic mass is 35.5. The molecule has 4 N–H and O–H groups in total. The number of fused-ring (bicyclic) bond motifs is 2. The molecule has 0 aliphatic carbocycles. The summed E-state index contributed by atoms with van der Waals surface area (Å²) in [6.45, 7) is 0.610. The zero-order valence-corrected chi connectivity index (χ0v) is 12.1. The number of nitrogens with two attached hydrogens (primary N) is 2. The Kier molecular flexibility index (Phi) is 4.61. The lowest BCUT2D eigenvalue weighted by Crippen LogP contribution is -2.16. The molecule has 3 aromatic carbocycles. The van der Waals surface area contributed by atoms with Crippen molar-refractivity contribution in [2.75, 3.05) is 6.54 Å². The number of hydrogen-bond acceptors (Lipinski definition) is 2. The zero-order chi connectivity index (χ0) is 13.2. The van der Waals surface area contributed by atoms with Crippen molar-refractivity contribution in [2.45, 2.75) is 12.5 Å². The SMILES string of the molecule is Cl.NCC[C@@H](N)c1c2ccccc2cc2ccccc12. The summed E-state index contributed by atoms with van der Waals surface area (Å²) in [6, 6.07) is 19.0. The summed E-state index contributed by atoms with van der Waals surface area (Å²) in [5.74, 6) is 0. The van der Waals surface area contributed by atoms with Gasteiger partial charge in [-0.2, -0.15) is 0 Å². The summed E-state index contributed by atoms with van der Waals surface area (Å²) < 4.78 is 0. The van der Waals surface area contributed by atoms with Crippen LogP contribution >= 0.6 is 12.4 Å². The maximum absolute atomic E-state index is 6.36. The number of hydrogen-bond donors (Lipinski definition) is 2. The van der Waals surface area contributed by atoms with Gasteiger partial charge in [0.15, 0.2) is 0 Å². The first-order valence-electron chi connectivity index (χ1n) is 6.67. The average molecular weight is 287 g/mol. The highest BCUT2D eigenvalue weighted by Gasteiger charge is 2.13. The van der Waals surface area contributed by atoms with Gasteiger partial charge >= 0.3 is 0 Å². The molecule has 1 atom stereocenters. The van der Waals surface area contributed by atoms with E-state index in [0.717, 1.165) is 6.42 Å². The Morgan fingerprint density at radius 2 is 1.35 bits per heavy atom. The molecule has 2 nitrogen and oxygen atoms in total. The van der Waals surface area contributed by atoms with Gasteiger partial charge in [0.05, 0.1) is 0 Å². The standard InChI is InChI=1S/C17H18N2.ClH/c18-10-9-16(19)17-14-7-3-1-5-12(14)11-13-6-2-4-8-15(13)17;/h1-8,11,16H,9-10,18-19H2;1H/t16-;/m1./s1. The van der Waals surface area contributed by atoms with E-state index in [1.807, 2.05) is 0 Å². The molecule has 0 radical (unpaired) electrons. The van der Waals surface area contributed by atoms with E-state index in [-0.39, 0.29) is 18.4 Å². The van der Waals surface area contributed by atoms with Crippen LogP contribution in [0.25, 0.3) is 21.5 Å². The molecule has 104 valence electrons. The van der Waals surface area contributed by atoms with Crippen molar-refractivity contribution < 1.29 is 0 Å². The zero-order valence-electron chi connectivity index (χ0n) is 11.3. The normalized spacial score (nSPS) is 12.3. The Balaban J connectivity index is 0.00000147. The van der Waals surface area contributed by atoms with Crippen LogP contribution in [0.1, 0.15) is 18.0 Å². The molecule has 0 heterocycles. The second-order valence-corrected chi connectivity index (χ2v) is 4.92. The quantitative estimate of drug-likeness (QED) is 0.720. The molecule has 0 saturated heterocycles. The lowest BCUT2D eigenvalue weighted by molar-refractivity contribution is 0.670. The molecule has 3 rings (SSSR count). The summed E-state index contributed by atoms with van der Waals surface area (Å²) in [4.78, 5) is 0. The van der Waals surface area contributed by atoms with Gasteiger partial charge in [-0.05, 0) is 46.1 Å². The van der Waals surface area contributed by atoms with Crippen LogP contribution in [0.4, 0.5) is 0 Å². The van der Waals surface area contributed by atoms with Crippen molar-refractivity contribution in [3.05, 3.63) is 60.2 Å². The molecular weight excluding hydrogens is 268 g/mol. The molecule has 0 aliphatic rings. The van der Waals surface area contributed by atoms with Crippen molar-refractivity contribution >= 4 is 34.0 Å². The third-order valence-electron chi connectivity index (χ3n) is 3.66. The Bertz CT molecular complexity index is 670. The van der Waals surface area contributed by atoms with Crippen LogP contribution in [0.5, 0.6) is 0 Å². The predicted molar refractivity (Wildman–Crippen MR) is 89.3 cm³/mol. The van der Waals surface area contributed by atoms with Crippen LogP contribution in [0, 0.1) is 0 Å². The molecule has 0 amide bonds. The van der Waals surface area contributed by atoms with Gasteiger partial charge in [0, 0.05) is 6.04 Å². The highest BCUT2D eigenvalue weighted by Crippen LogP contribution is 2.32. The first-order valence-corrected chi connectivity index (χ1v) is 6.67. The van der Waals surface area contributed by atoms with Crippen LogP contribution < -0.4 is 11.5 Å². The molecule has 0 aromatic heterocycles. The monoisotopic (exact) mass is 286 g/mol. The molecule has 0 saturated carbocycles. The minimum absolute atomic E-state index is 0. The first-order chi connectivity index (χ1) is 9.31. The summed E-state index contributed by atoms with van der Waals surface area (Å²) in [6.07, 6.45) is 0.804. The van der Waals surface area contributed by atoms with E-state index in [2.05, 4.69) is 54.6 Å². The van der Waals surface area contributed by atoms with Gasteiger partial charge in [-0.25, -0.2) is 0 Å². The average Bonchev–Trinajstić information content (AvgIpc) is 2.44. The second-order valence-electron chi connectivity index (χ2n) is 4.92. The van der Waals surface area contributed by atoms with Gasteiger partial charge in [-0.3, -0.25) is 0 Å². The van der Waals surface area contributed by atoms with Crippen LogP contribution in [0.3, 0.4) is 0 Å². The summed E-state index contributed by atoms with van der Waals surface area (Å²) in [5.41, 5.74) is 13.3. The number of benzene rings is 3. The minimum atomic E-state index is -0.0130. The van der Waals surface area contributed by atoms with Crippen molar-refractivity contribution in [1.29, 1.82) is 0 Å². The molecule has 0 bridgehead atoms. The van der Waals surface area contributed by atoms with Crippen LogP contribution in [0.2, 0.25) is 0 Å². The van der Waals surface area contributed by atoms with Gasteiger partial charge in [-0.15, -0.1) is 12.4 Å². The third kappa shape index (κ3) is 2.50. The Labute approximate surface area is 125 Å². The van der Waals surface area contributed by atoms with Gasteiger partial charge < -0.3 is 11.5 Å². The molecule has 20 heavy (non-hydrogen) atoms. The van der Waals surface area contributed by atoms with E-state index in [1.54, 1.807) is 0 Å². The first kappa shape index (κ1) is 14.8. The van der Waals surface area contributed by atoms with E-state index in [4.69, 9.17) is 11.5 Å². The van der Waals surface area contributed by atoms with E-state index in [1.165, 1.54) is 27.1 Å². The van der Waals surface area contributed by atoms with Crippen LogP contribution in [0.15, 0.2) is 54.6 Å². The van der Waals surface area contributed by atoms with Crippen LogP contribution in [-0.2, 0) is 0 Å². The molecule has 0 aliphatic heterocycles. The summed E-state index contributed by atoms with van der Waals surface area (Å²) >= 11 is 0. The number of rotatable bonds is 3. The lowest BCUT2D eigenvalue weighted by atomic mass is 9.91. The van der Waals surface area contributed by atoms with Crippen LogP contribution in [-0.4, -0.2) is 6.54 Å². The molecular formula is C17H19ClN2. The van der Waals surface area contributed by atoms with E-state index in [0.29, 0.717) is 6.54 Å². The number of halogens is 1. The van der Waals surface area contributed by atoms with Crippen molar-refractivity contribution in [1.82, 2.24) is 0 Å². The van der Waals surface area contributed by atoms with Gasteiger partial charge in [-0.1, -0.05) is 48.5 Å². The van der Waals surface area contributed by atoms with Gasteiger partial charge in [0.25, 0.3) is 0 Å². The minimum Gasteiger partial charge on any atom is -0.330 e.